The van der Waals surface area contributed by atoms with Crippen LogP contribution in [0.5, 0.6) is 0 Å². The summed E-state index contributed by atoms with van der Waals surface area (Å²) < 4.78 is 39.6. The molecule has 0 unspecified atom stereocenters. The number of pyridine rings is 1. The first-order chi connectivity index (χ1) is 8.90. The number of halogens is 3. The van der Waals surface area contributed by atoms with Crippen LogP contribution in [0.3, 0.4) is 0 Å². The van der Waals surface area contributed by atoms with Gasteiger partial charge in [0.1, 0.15) is 0 Å². The number of hydrogen-bond donors (Lipinski definition) is 0. The Labute approximate surface area is 109 Å². The Morgan fingerprint density at radius 2 is 1.68 bits per heavy atom. The van der Waals surface area contributed by atoms with Gasteiger partial charge in [0, 0.05) is 18.8 Å². The van der Waals surface area contributed by atoms with Crippen molar-refractivity contribution in [2.75, 3.05) is 11.9 Å². The second kappa shape index (κ2) is 4.91. The van der Waals surface area contributed by atoms with E-state index in [9.17, 15) is 13.2 Å². The van der Waals surface area contributed by atoms with E-state index < -0.39 is 17.6 Å². The van der Waals surface area contributed by atoms with E-state index in [1.807, 2.05) is 26.0 Å². The fraction of sp³-hybridized carbons (Fsp3) is 0.214. The predicted molar refractivity (Wildman–Crippen MR) is 68.1 cm³/mol. The first-order valence-corrected chi connectivity index (χ1v) is 5.72. The molecule has 1 aromatic carbocycles. The SMILES string of the molecule is Cc1ccc(N(C)c2nc(F)c(F)cc2F)c(C)c1. The Bertz CT molecular complexity index is 626. The minimum atomic E-state index is -1.31. The highest BCUT2D eigenvalue weighted by Gasteiger charge is 2.17. The molecule has 0 aliphatic rings. The summed E-state index contributed by atoms with van der Waals surface area (Å²) in [7, 11) is 1.56. The molecule has 0 spiro atoms. The van der Waals surface area contributed by atoms with Crippen molar-refractivity contribution < 1.29 is 13.2 Å². The lowest BCUT2D eigenvalue weighted by Crippen LogP contribution is -2.15. The molecular formula is C14H13F3N2. The molecule has 0 bridgehead atoms. The van der Waals surface area contributed by atoms with E-state index in [2.05, 4.69) is 4.98 Å². The maximum absolute atomic E-state index is 13.7. The van der Waals surface area contributed by atoms with Gasteiger partial charge in [-0.25, -0.2) is 8.78 Å². The van der Waals surface area contributed by atoms with Crippen LogP contribution >= 0.6 is 0 Å². The molecule has 0 saturated carbocycles. The van der Waals surface area contributed by atoms with Crippen LogP contribution in [-0.4, -0.2) is 12.0 Å². The van der Waals surface area contributed by atoms with Gasteiger partial charge in [-0.15, -0.1) is 0 Å². The summed E-state index contributed by atoms with van der Waals surface area (Å²) in [6, 6.07) is 6.06. The second-order valence-corrected chi connectivity index (χ2v) is 4.42. The minimum absolute atomic E-state index is 0.245. The third kappa shape index (κ3) is 2.54. The van der Waals surface area contributed by atoms with Gasteiger partial charge in [-0.3, -0.25) is 0 Å². The minimum Gasteiger partial charge on any atom is -0.327 e. The first kappa shape index (κ1) is 13.4. The summed E-state index contributed by atoms with van der Waals surface area (Å²) in [5, 5.41) is 0. The van der Waals surface area contributed by atoms with Crippen molar-refractivity contribution in [3.05, 3.63) is 53.0 Å². The second-order valence-electron chi connectivity index (χ2n) is 4.42. The number of rotatable bonds is 2. The Kier molecular flexibility index (Phi) is 3.46. The molecule has 19 heavy (non-hydrogen) atoms. The highest BCUT2D eigenvalue weighted by atomic mass is 19.2. The average Bonchev–Trinajstić information content (AvgIpc) is 2.33. The number of benzene rings is 1. The highest BCUT2D eigenvalue weighted by Crippen LogP contribution is 2.28. The van der Waals surface area contributed by atoms with Gasteiger partial charge < -0.3 is 4.90 Å². The summed E-state index contributed by atoms with van der Waals surface area (Å²) in [4.78, 5) is 4.72. The smallest absolute Gasteiger partial charge is 0.251 e. The van der Waals surface area contributed by atoms with Crippen molar-refractivity contribution in [1.29, 1.82) is 0 Å². The van der Waals surface area contributed by atoms with Crippen LogP contribution < -0.4 is 4.90 Å². The molecule has 0 amide bonds. The number of nitrogens with zero attached hydrogens (tertiary/aromatic N) is 2. The van der Waals surface area contributed by atoms with E-state index >= 15 is 0 Å². The van der Waals surface area contributed by atoms with Crippen LogP contribution in [0.15, 0.2) is 24.3 Å². The summed E-state index contributed by atoms with van der Waals surface area (Å²) >= 11 is 0. The fourth-order valence-electron chi connectivity index (χ4n) is 1.97. The van der Waals surface area contributed by atoms with Crippen molar-refractivity contribution in [2.45, 2.75) is 13.8 Å². The zero-order chi connectivity index (χ0) is 14.2. The lowest BCUT2D eigenvalue weighted by Gasteiger charge is -2.21. The van der Waals surface area contributed by atoms with Gasteiger partial charge >= 0.3 is 0 Å². The van der Waals surface area contributed by atoms with Crippen molar-refractivity contribution in [1.82, 2.24) is 4.98 Å². The molecular weight excluding hydrogens is 253 g/mol. The molecule has 0 N–H and O–H groups in total. The monoisotopic (exact) mass is 266 g/mol. The molecule has 0 saturated heterocycles. The molecule has 2 rings (SSSR count). The van der Waals surface area contributed by atoms with Crippen molar-refractivity contribution in [3.8, 4) is 0 Å². The number of hydrogen-bond acceptors (Lipinski definition) is 2. The number of aryl methyl sites for hydroxylation is 2. The van der Waals surface area contributed by atoms with Gasteiger partial charge in [-0.1, -0.05) is 17.7 Å². The average molecular weight is 266 g/mol. The lowest BCUT2D eigenvalue weighted by atomic mass is 10.1. The summed E-state index contributed by atoms with van der Waals surface area (Å²) in [5.41, 5.74) is 2.64. The molecule has 0 fully saturated rings. The molecule has 1 heterocycles. The molecule has 0 aliphatic carbocycles. The highest BCUT2D eigenvalue weighted by molar-refractivity contribution is 5.63. The topological polar surface area (TPSA) is 16.1 Å². The van der Waals surface area contributed by atoms with Gasteiger partial charge in [0.15, 0.2) is 17.5 Å². The van der Waals surface area contributed by atoms with E-state index in [0.717, 1.165) is 11.1 Å². The Hall–Kier alpha value is -2.04. The molecule has 0 radical (unpaired) electrons. The zero-order valence-electron chi connectivity index (χ0n) is 10.8. The quantitative estimate of drug-likeness (QED) is 0.767. The first-order valence-electron chi connectivity index (χ1n) is 5.72. The van der Waals surface area contributed by atoms with Crippen molar-refractivity contribution in [2.24, 2.45) is 0 Å². The largest absolute Gasteiger partial charge is 0.327 e. The standard InChI is InChI=1S/C14H13F3N2/c1-8-4-5-12(9(2)6-8)19(3)14-11(16)7-10(15)13(17)18-14/h4-7H,1-3H3. The van der Waals surface area contributed by atoms with E-state index in [4.69, 9.17) is 0 Å². The third-order valence-electron chi connectivity index (χ3n) is 2.90. The van der Waals surface area contributed by atoms with Gasteiger partial charge in [0.25, 0.3) is 5.95 Å². The van der Waals surface area contributed by atoms with Crippen LogP contribution in [0, 0.1) is 31.4 Å². The van der Waals surface area contributed by atoms with Gasteiger partial charge in [-0.2, -0.15) is 9.37 Å². The van der Waals surface area contributed by atoms with Crippen LogP contribution in [0.2, 0.25) is 0 Å². The summed E-state index contributed by atoms with van der Waals surface area (Å²) in [6.45, 7) is 3.80. The Balaban J connectivity index is 2.49. The molecule has 1 aromatic heterocycles. The Morgan fingerprint density at radius 1 is 1.00 bits per heavy atom. The van der Waals surface area contributed by atoms with Crippen molar-refractivity contribution >= 4 is 11.5 Å². The van der Waals surface area contributed by atoms with E-state index in [-0.39, 0.29) is 5.82 Å². The molecule has 100 valence electrons. The normalized spacial score (nSPS) is 10.6. The summed E-state index contributed by atoms with van der Waals surface area (Å²) in [5.74, 6) is -3.75. The van der Waals surface area contributed by atoms with Gasteiger partial charge in [-0.05, 0) is 25.5 Å². The van der Waals surface area contributed by atoms with Gasteiger partial charge in [0.2, 0.25) is 0 Å². The number of aromatic nitrogens is 1. The fourth-order valence-corrected chi connectivity index (χ4v) is 1.97. The van der Waals surface area contributed by atoms with Gasteiger partial charge in [0.05, 0.1) is 0 Å². The molecule has 0 atom stereocenters. The van der Waals surface area contributed by atoms with Crippen LogP contribution in [0.4, 0.5) is 24.7 Å². The van der Waals surface area contributed by atoms with E-state index in [1.54, 1.807) is 13.1 Å². The van der Waals surface area contributed by atoms with Crippen LogP contribution in [-0.2, 0) is 0 Å². The van der Waals surface area contributed by atoms with Crippen LogP contribution in [0.25, 0.3) is 0 Å². The van der Waals surface area contributed by atoms with Crippen molar-refractivity contribution in [3.63, 3.8) is 0 Å². The molecule has 0 aliphatic heterocycles. The maximum atomic E-state index is 13.7. The Morgan fingerprint density at radius 3 is 2.32 bits per heavy atom. The van der Waals surface area contributed by atoms with E-state index in [1.165, 1.54) is 4.90 Å². The third-order valence-corrected chi connectivity index (χ3v) is 2.90. The maximum Gasteiger partial charge on any atom is 0.251 e. The van der Waals surface area contributed by atoms with Crippen LogP contribution in [0.1, 0.15) is 11.1 Å². The number of anilines is 2. The molecule has 2 nitrogen and oxygen atoms in total. The zero-order valence-corrected chi connectivity index (χ0v) is 10.8. The molecule has 5 heteroatoms. The van der Waals surface area contributed by atoms with E-state index in [0.29, 0.717) is 11.8 Å². The summed E-state index contributed by atoms with van der Waals surface area (Å²) in [6.07, 6.45) is 0. The lowest BCUT2D eigenvalue weighted by molar-refractivity contribution is 0.465. The predicted octanol–water partition coefficient (Wildman–Crippen LogP) is 3.88. The molecule has 2 aromatic rings.